The molecule has 3 amide bonds. The van der Waals surface area contributed by atoms with Gasteiger partial charge in [0.1, 0.15) is 5.75 Å². The number of hydrogen-bond donors (Lipinski definition) is 2. The van der Waals surface area contributed by atoms with E-state index in [1.807, 2.05) is 31.2 Å². The third kappa shape index (κ3) is 4.76. The molecule has 0 aliphatic rings. The highest BCUT2D eigenvalue weighted by atomic mass is 79.9. The SMILES string of the molecule is COc1ccc(C(=O)N(C)C)cc1NC(=O)N[C@@H](C)c1ccccc1Br. The molecular weight excluding hydrogens is 398 g/mol. The van der Waals surface area contributed by atoms with Crippen molar-refractivity contribution in [1.29, 1.82) is 0 Å². The maximum absolute atomic E-state index is 12.4. The number of amides is 3. The van der Waals surface area contributed by atoms with Gasteiger partial charge in [-0.2, -0.15) is 0 Å². The minimum atomic E-state index is -0.388. The molecule has 0 aromatic heterocycles. The summed E-state index contributed by atoms with van der Waals surface area (Å²) in [6, 6.07) is 12.0. The molecule has 0 aliphatic carbocycles. The highest BCUT2D eigenvalue weighted by Crippen LogP contribution is 2.27. The summed E-state index contributed by atoms with van der Waals surface area (Å²) in [5.41, 5.74) is 1.85. The Morgan fingerprint density at radius 3 is 2.46 bits per heavy atom. The summed E-state index contributed by atoms with van der Waals surface area (Å²) in [6.07, 6.45) is 0. The van der Waals surface area contributed by atoms with E-state index in [1.165, 1.54) is 12.0 Å². The first-order chi connectivity index (χ1) is 12.3. The number of halogens is 1. The molecule has 0 saturated carbocycles. The average molecular weight is 420 g/mol. The molecule has 0 unspecified atom stereocenters. The van der Waals surface area contributed by atoms with E-state index in [0.29, 0.717) is 17.0 Å². The Hall–Kier alpha value is -2.54. The van der Waals surface area contributed by atoms with Crippen LogP contribution in [0, 0.1) is 0 Å². The standard InChI is InChI=1S/C19H22BrN3O3/c1-12(14-7-5-6-8-15(14)20)21-19(25)22-16-11-13(18(24)23(2)3)9-10-17(16)26-4/h5-12H,1-4H3,(H2,21,22,25)/t12-/m0/s1. The topological polar surface area (TPSA) is 70.7 Å². The van der Waals surface area contributed by atoms with Gasteiger partial charge in [-0.25, -0.2) is 4.79 Å². The van der Waals surface area contributed by atoms with Crippen LogP contribution in [0.5, 0.6) is 5.75 Å². The number of urea groups is 1. The molecule has 0 aliphatic heterocycles. The number of ether oxygens (including phenoxy) is 1. The zero-order valence-corrected chi connectivity index (χ0v) is 16.8. The van der Waals surface area contributed by atoms with Crippen molar-refractivity contribution in [2.75, 3.05) is 26.5 Å². The number of benzene rings is 2. The van der Waals surface area contributed by atoms with Crippen LogP contribution in [-0.2, 0) is 0 Å². The zero-order valence-electron chi connectivity index (χ0n) is 15.2. The maximum Gasteiger partial charge on any atom is 0.319 e. The Bertz CT molecular complexity index is 808. The number of nitrogens with zero attached hydrogens (tertiary/aromatic N) is 1. The van der Waals surface area contributed by atoms with Gasteiger partial charge >= 0.3 is 6.03 Å². The molecule has 26 heavy (non-hydrogen) atoms. The molecular formula is C19H22BrN3O3. The van der Waals surface area contributed by atoms with Crippen molar-refractivity contribution >= 4 is 33.6 Å². The fourth-order valence-electron chi connectivity index (χ4n) is 2.46. The average Bonchev–Trinajstić information content (AvgIpc) is 2.61. The van der Waals surface area contributed by atoms with E-state index in [1.54, 1.807) is 32.3 Å². The number of nitrogens with one attached hydrogen (secondary N) is 2. The summed E-state index contributed by atoms with van der Waals surface area (Å²) in [4.78, 5) is 26.0. The van der Waals surface area contributed by atoms with Gasteiger partial charge in [0, 0.05) is 24.1 Å². The molecule has 0 fully saturated rings. The minimum absolute atomic E-state index is 0.155. The quantitative estimate of drug-likeness (QED) is 0.767. The van der Waals surface area contributed by atoms with Gasteiger partial charge in [0.2, 0.25) is 0 Å². The molecule has 0 heterocycles. The zero-order chi connectivity index (χ0) is 19.3. The predicted molar refractivity (Wildman–Crippen MR) is 106 cm³/mol. The highest BCUT2D eigenvalue weighted by Gasteiger charge is 2.16. The van der Waals surface area contributed by atoms with E-state index in [9.17, 15) is 9.59 Å². The van der Waals surface area contributed by atoms with Gasteiger partial charge in [0.15, 0.2) is 0 Å². The van der Waals surface area contributed by atoms with Gasteiger partial charge in [-0.3, -0.25) is 4.79 Å². The number of anilines is 1. The molecule has 2 aromatic rings. The van der Waals surface area contributed by atoms with Crippen molar-refractivity contribution in [1.82, 2.24) is 10.2 Å². The normalized spacial score (nSPS) is 11.4. The number of hydrogen-bond acceptors (Lipinski definition) is 3. The molecule has 6 nitrogen and oxygen atoms in total. The fraction of sp³-hybridized carbons (Fsp3) is 0.263. The number of carbonyl (C=O) groups is 2. The van der Waals surface area contributed by atoms with Crippen molar-refractivity contribution in [2.45, 2.75) is 13.0 Å². The van der Waals surface area contributed by atoms with Crippen molar-refractivity contribution < 1.29 is 14.3 Å². The van der Waals surface area contributed by atoms with E-state index in [4.69, 9.17) is 4.74 Å². The van der Waals surface area contributed by atoms with Crippen LogP contribution in [0.2, 0.25) is 0 Å². The third-order valence-electron chi connectivity index (χ3n) is 3.82. The molecule has 0 bridgehead atoms. The predicted octanol–water partition coefficient (Wildman–Crippen LogP) is 4.04. The smallest absolute Gasteiger partial charge is 0.319 e. The summed E-state index contributed by atoms with van der Waals surface area (Å²) < 4.78 is 6.20. The molecule has 0 saturated heterocycles. The Labute approximate surface area is 161 Å². The number of rotatable bonds is 5. The van der Waals surface area contributed by atoms with E-state index >= 15 is 0 Å². The van der Waals surface area contributed by atoms with Gasteiger partial charge in [-0.05, 0) is 36.8 Å². The maximum atomic E-state index is 12.4. The van der Waals surface area contributed by atoms with Gasteiger partial charge in [0.25, 0.3) is 5.91 Å². The highest BCUT2D eigenvalue weighted by molar-refractivity contribution is 9.10. The van der Waals surface area contributed by atoms with Crippen LogP contribution in [0.15, 0.2) is 46.9 Å². The first kappa shape index (κ1) is 19.8. The lowest BCUT2D eigenvalue weighted by atomic mass is 10.1. The van der Waals surface area contributed by atoms with Crippen molar-refractivity contribution in [3.05, 3.63) is 58.1 Å². The van der Waals surface area contributed by atoms with Crippen LogP contribution in [0.1, 0.15) is 28.9 Å². The first-order valence-electron chi connectivity index (χ1n) is 8.05. The summed E-state index contributed by atoms with van der Waals surface area (Å²) in [5, 5.41) is 5.63. The molecule has 138 valence electrons. The molecule has 2 rings (SSSR count). The van der Waals surface area contributed by atoms with E-state index in [0.717, 1.165) is 10.0 Å². The summed E-state index contributed by atoms with van der Waals surface area (Å²) in [5.74, 6) is 0.321. The second kappa shape index (κ2) is 8.71. The lowest BCUT2D eigenvalue weighted by Crippen LogP contribution is -2.31. The summed E-state index contributed by atoms with van der Waals surface area (Å²) >= 11 is 3.48. The Morgan fingerprint density at radius 1 is 1.15 bits per heavy atom. The van der Waals surface area contributed by atoms with E-state index in [-0.39, 0.29) is 18.0 Å². The minimum Gasteiger partial charge on any atom is -0.495 e. The van der Waals surface area contributed by atoms with E-state index < -0.39 is 0 Å². The van der Waals surface area contributed by atoms with Gasteiger partial charge in [0.05, 0.1) is 18.8 Å². The molecule has 7 heteroatoms. The Kier molecular flexibility index (Phi) is 6.63. The Balaban J connectivity index is 2.16. The van der Waals surface area contributed by atoms with Gasteiger partial charge in [-0.15, -0.1) is 0 Å². The number of carbonyl (C=O) groups excluding carboxylic acids is 2. The van der Waals surface area contributed by atoms with Crippen molar-refractivity contribution in [3.63, 3.8) is 0 Å². The van der Waals surface area contributed by atoms with E-state index in [2.05, 4.69) is 26.6 Å². The molecule has 1 atom stereocenters. The van der Waals surface area contributed by atoms with Crippen LogP contribution in [0.3, 0.4) is 0 Å². The lowest BCUT2D eigenvalue weighted by molar-refractivity contribution is 0.0827. The second-order valence-electron chi connectivity index (χ2n) is 5.96. The lowest BCUT2D eigenvalue weighted by Gasteiger charge is -2.18. The third-order valence-corrected chi connectivity index (χ3v) is 4.54. The molecule has 0 spiro atoms. The summed E-state index contributed by atoms with van der Waals surface area (Å²) in [6.45, 7) is 1.89. The second-order valence-corrected chi connectivity index (χ2v) is 6.81. The Morgan fingerprint density at radius 2 is 1.85 bits per heavy atom. The van der Waals surface area contributed by atoms with Crippen LogP contribution in [0.4, 0.5) is 10.5 Å². The van der Waals surface area contributed by atoms with Gasteiger partial charge in [-0.1, -0.05) is 34.1 Å². The fourth-order valence-corrected chi connectivity index (χ4v) is 3.08. The van der Waals surface area contributed by atoms with Crippen LogP contribution < -0.4 is 15.4 Å². The monoisotopic (exact) mass is 419 g/mol. The molecule has 2 aromatic carbocycles. The van der Waals surface area contributed by atoms with Crippen LogP contribution in [-0.4, -0.2) is 38.0 Å². The molecule has 2 N–H and O–H groups in total. The van der Waals surface area contributed by atoms with Crippen molar-refractivity contribution in [2.24, 2.45) is 0 Å². The van der Waals surface area contributed by atoms with Gasteiger partial charge < -0.3 is 20.3 Å². The molecule has 0 radical (unpaired) electrons. The first-order valence-corrected chi connectivity index (χ1v) is 8.84. The van der Waals surface area contributed by atoms with Crippen molar-refractivity contribution in [3.8, 4) is 5.75 Å². The summed E-state index contributed by atoms with van der Waals surface area (Å²) in [7, 11) is 4.85. The number of methoxy groups -OCH3 is 1. The largest absolute Gasteiger partial charge is 0.495 e. The van der Waals surface area contributed by atoms with Crippen LogP contribution >= 0.6 is 15.9 Å². The van der Waals surface area contributed by atoms with Crippen LogP contribution in [0.25, 0.3) is 0 Å².